The normalized spacial score (nSPS) is 16.2. The van der Waals surface area contributed by atoms with Gasteiger partial charge in [0.25, 0.3) is 5.91 Å². The smallest absolute Gasteiger partial charge is 0.271 e. The van der Waals surface area contributed by atoms with E-state index in [1.807, 2.05) is 0 Å². The summed E-state index contributed by atoms with van der Waals surface area (Å²) in [7, 11) is 0. The number of H-pyrrole nitrogens is 1. The lowest BCUT2D eigenvalue weighted by Crippen LogP contribution is -2.67. The van der Waals surface area contributed by atoms with Crippen molar-refractivity contribution in [1.29, 1.82) is 0 Å². The third-order valence-electron chi connectivity index (χ3n) is 5.23. The van der Waals surface area contributed by atoms with Crippen LogP contribution in [0, 0.1) is 17.2 Å². The van der Waals surface area contributed by atoms with E-state index < -0.39 is 29.1 Å². The van der Waals surface area contributed by atoms with Gasteiger partial charge in [0.1, 0.15) is 17.6 Å². The van der Waals surface area contributed by atoms with E-state index >= 15 is 0 Å². The van der Waals surface area contributed by atoms with Gasteiger partial charge in [0.05, 0.1) is 5.41 Å². The lowest BCUT2D eigenvalue weighted by Gasteiger charge is -2.49. The Morgan fingerprint density at radius 3 is 2.52 bits per heavy atom. The zero-order valence-electron chi connectivity index (χ0n) is 16.3. The van der Waals surface area contributed by atoms with E-state index in [4.69, 9.17) is 5.73 Å². The van der Waals surface area contributed by atoms with Crippen LogP contribution < -0.4 is 11.1 Å². The summed E-state index contributed by atoms with van der Waals surface area (Å²) in [6.07, 6.45) is 1.56. The molecule has 0 aliphatic carbocycles. The molecule has 1 atom stereocenters. The predicted octanol–water partition coefficient (Wildman–Crippen LogP) is 0.860. The Kier molecular flexibility index (Phi) is 5.67. The quantitative estimate of drug-likeness (QED) is 0.637. The minimum absolute atomic E-state index is 0.0919. The highest BCUT2D eigenvalue weighted by Gasteiger charge is 2.52. The van der Waals surface area contributed by atoms with Crippen LogP contribution in [0.3, 0.4) is 0 Å². The number of nitrogens with zero attached hydrogens (tertiary/aromatic N) is 2. The Labute approximate surface area is 167 Å². The van der Waals surface area contributed by atoms with Crippen molar-refractivity contribution in [1.82, 2.24) is 20.4 Å². The Morgan fingerprint density at radius 2 is 1.97 bits per heavy atom. The van der Waals surface area contributed by atoms with Gasteiger partial charge in [-0.2, -0.15) is 5.10 Å². The summed E-state index contributed by atoms with van der Waals surface area (Å²) in [4.78, 5) is 38.9. The van der Waals surface area contributed by atoms with Crippen molar-refractivity contribution in [2.75, 3.05) is 13.1 Å². The number of amides is 3. The van der Waals surface area contributed by atoms with E-state index in [1.54, 1.807) is 38.1 Å². The molecule has 1 saturated heterocycles. The van der Waals surface area contributed by atoms with E-state index in [0.29, 0.717) is 11.3 Å². The van der Waals surface area contributed by atoms with Crippen molar-refractivity contribution in [3.63, 3.8) is 0 Å². The lowest BCUT2D eigenvalue weighted by atomic mass is 9.73. The second kappa shape index (κ2) is 8.02. The van der Waals surface area contributed by atoms with E-state index in [-0.39, 0.29) is 31.3 Å². The van der Waals surface area contributed by atoms with Gasteiger partial charge in [-0.15, -0.1) is 0 Å². The average Bonchev–Trinajstić information content (AvgIpc) is 3.17. The van der Waals surface area contributed by atoms with Crippen molar-refractivity contribution in [3.8, 4) is 0 Å². The highest BCUT2D eigenvalue weighted by Crippen LogP contribution is 2.36. The van der Waals surface area contributed by atoms with E-state index in [9.17, 15) is 18.8 Å². The average molecular weight is 401 g/mol. The number of likely N-dealkylation sites (tertiary alicyclic amines) is 1. The summed E-state index contributed by atoms with van der Waals surface area (Å²) in [5, 5.41) is 9.06. The van der Waals surface area contributed by atoms with Crippen molar-refractivity contribution in [2.24, 2.45) is 17.1 Å². The highest BCUT2D eigenvalue weighted by molar-refractivity contribution is 5.96. The van der Waals surface area contributed by atoms with Gasteiger partial charge in [0.15, 0.2) is 0 Å². The lowest BCUT2D eigenvalue weighted by molar-refractivity contribution is -0.142. The minimum Gasteiger partial charge on any atom is -0.368 e. The summed E-state index contributed by atoms with van der Waals surface area (Å²) < 4.78 is 14.2. The summed E-state index contributed by atoms with van der Waals surface area (Å²) in [6, 6.07) is 6.89. The summed E-state index contributed by atoms with van der Waals surface area (Å²) in [5.41, 5.74) is 5.04. The SMILES string of the molecule is CC(C)[C@H](NC(=O)C1(Cc2ccccc2F)CN(C(=O)c2ccn[nH]2)C1)C(N)=O. The molecule has 1 fully saturated rings. The number of nitrogens with two attached hydrogens (primary N) is 1. The topological polar surface area (TPSA) is 121 Å². The minimum atomic E-state index is -1.06. The predicted molar refractivity (Wildman–Crippen MR) is 103 cm³/mol. The maximum Gasteiger partial charge on any atom is 0.271 e. The summed E-state index contributed by atoms with van der Waals surface area (Å²) in [6.45, 7) is 3.73. The number of primary amides is 1. The molecular formula is C20H24FN5O3. The van der Waals surface area contributed by atoms with Gasteiger partial charge >= 0.3 is 0 Å². The Hall–Kier alpha value is -3.23. The molecule has 0 spiro atoms. The first kappa shape index (κ1) is 20.5. The molecule has 9 heteroatoms. The molecule has 0 radical (unpaired) electrons. The molecule has 0 saturated carbocycles. The van der Waals surface area contributed by atoms with Gasteiger partial charge < -0.3 is 16.0 Å². The van der Waals surface area contributed by atoms with Gasteiger partial charge in [0.2, 0.25) is 11.8 Å². The molecule has 1 aliphatic heterocycles. The number of carbonyl (C=O) groups excluding carboxylic acids is 3. The first-order chi connectivity index (χ1) is 13.7. The Morgan fingerprint density at radius 1 is 1.28 bits per heavy atom. The van der Waals surface area contributed by atoms with Crippen LogP contribution in [0.25, 0.3) is 0 Å². The largest absolute Gasteiger partial charge is 0.368 e. The third kappa shape index (κ3) is 4.13. The van der Waals surface area contributed by atoms with Crippen LogP contribution in [0.4, 0.5) is 4.39 Å². The molecule has 0 unspecified atom stereocenters. The number of hydrogen-bond acceptors (Lipinski definition) is 4. The molecule has 29 heavy (non-hydrogen) atoms. The van der Waals surface area contributed by atoms with Gasteiger partial charge in [-0.25, -0.2) is 4.39 Å². The number of aromatic amines is 1. The summed E-state index contributed by atoms with van der Waals surface area (Å²) in [5.74, 6) is -1.99. The summed E-state index contributed by atoms with van der Waals surface area (Å²) >= 11 is 0. The number of benzene rings is 1. The van der Waals surface area contributed by atoms with E-state index in [0.717, 1.165) is 0 Å². The number of aromatic nitrogens is 2. The van der Waals surface area contributed by atoms with E-state index in [1.165, 1.54) is 17.2 Å². The van der Waals surface area contributed by atoms with Crippen LogP contribution in [0.15, 0.2) is 36.5 Å². The van der Waals surface area contributed by atoms with E-state index in [2.05, 4.69) is 15.5 Å². The molecule has 4 N–H and O–H groups in total. The molecule has 0 bridgehead atoms. The van der Waals surface area contributed by atoms with Gasteiger partial charge in [-0.05, 0) is 30.0 Å². The fraction of sp³-hybridized carbons (Fsp3) is 0.400. The van der Waals surface area contributed by atoms with Crippen LogP contribution >= 0.6 is 0 Å². The fourth-order valence-electron chi connectivity index (χ4n) is 3.58. The van der Waals surface area contributed by atoms with Crippen molar-refractivity contribution in [3.05, 3.63) is 53.6 Å². The molecule has 3 amide bonds. The number of hydrogen-bond donors (Lipinski definition) is 3. The number of carbonyl (C=O) groups is 3. The van der Waals surface area contributed by atoms with Gasteiger partial charge in [-0.1, -0.05) is 32.0 Å². The maximum atomic E-state index is 14.2. The number of nitrogens with one attached hydrogen (secondary N) is 2. The van der Waals surface area contributed by atoms with Gasteiger partial charge in [-0.3, -0.25) is 19.5 Å². The number of halogens is 1. The van der Waals surface area contributed by atoms with Crippen LogP contribution in [-0.4, -0.2) is 52.0 Å². The fourth-order valence-corrected chi connectivity index (χ4v) is 3.58. The molecule has 2 aromatic rings. The van der Waals surface area contributed by atoms with Crippen molar-refractivity contribution >= 4 is 17.7 Å². The molecule has 154 valence electrons. The zero-order valence-corrected chi connectivity index (χ0v) is 16.3. The second-order valence-electron chi connectivity index (χ2n) is 7.78. The van der Waals surface area contributed by atoms with Crippen LogP contribution in [0.1, 0.15) is 29.9 Å². The standard InChI is InChI=1S/C20H24FN5O3/c1-12(2)16(17(22)27)24-19(29)20(9-13-5-3-4-6-14(13)21)10-26(11-20)18(28)15-7-8-23-25-15/h3-8,12,16H,9-11H2,1-2H3,(H2,22,27)(H,23,25)(H,24,29)/t16-/m0/s1. The number of rotatable bonds is 7. The van der Waals surface area contributed by atoms with Crippen molar-refractivity contribution in [2.45, 2.75) is 26.3 Å². The highest BCUT2D eigenvalue weighted by atomic mass is 19.1. The monoisotopic (exact) mass is 401 g/mol. The maximum absolute atomic E-state index is 14.2. The van der Waals surface area contributed by atoms with Gasteiger partial charge in [0, 0.05) is 19.3 Å². The first-order valence-corrected chi connectivity index (χ1v) is 9.36. The van der Waals surface area contributed by atoms with Crippen LogP contribution in [0.5, 0.6) is 0 Å². The van der Waals surface area contributed by atoms with Crippen LogP contribution in [0.2, 0.25) is 0 Å². The molecular weight excluding hydrogens is 377 g/mol. The van der Waals surface area contributed by atoms with Crippen molar-refractivity contribution < 1.29 is 18.8 Å². The Balaban J connectivity index is 1.83. The first-order valence-electron chi connectivity index (χ1n) is 9.36. The van der Waals surface area contributed by atoms with Crippen LogP contribution in [-0.2, 0) is 16.0 Å². The zero-order chi connectivity index (χ0) is 21.2. The molecule has 2 heterocycles. The molecule has 8 nitrogen and oxygen atoms in total. The molecule has 1 aromatic carbocycles. The third-order valence-corrected chi connectivity index (χ3v) is 5.23. The molecule has 3 rings (SSSR count). The second-order valence-corrected chi connectivity index (χ2v) is 7.78. The molecule has 1 aliphatic rings. The Bertz CT molecular complexity index is 907. The molecule has 1 aromatic heterocycles.